The summed E-state index contributed by atoms with van der Waals surface area (Å²) in [7, 11) is 0. The molecule has 7 nitrogen and oxygen atoms in total. The molecule has 110 valence electrons. The van der Waals surface area contributed by atoms with Crippen LogP contribution < -0.4 is 10.3 Å². The van der Waals surface area contributed by atoms with Crippen molar-refractivity contribution in [2.75, 3.05) is 5.75 Å². The number of carbonyl (C=O) groups is 2. The number of carboxylic acids is 1. The lowest BCUT2D eigenvalue weighted by atomic mass is 10.0. The second-order valence-corrected chi connectivity index (χ2v) is 6.17. The molecule has 0 radical (unpaired) electrons. The molecular weight excluding hydrogens is 292 g/mol. The largest absolute Gasteiger partial charge is 0.477 e. The third-order valence-corrected chi connectivity index (χ3v) is 4.91. The molecule has 3 rings (SSSR count). The zero-order valence-corrected chi connectivity index (χ0v) is 12.2. The average molecular weight is 307 g/mol. The first-order chi connectivity index (χ1) is 9.99. The lowest BCUT2D eigenvalue weighted by Crippen LogP contribution is -2.68. The lowest BCUT2D eigenvalue weighted by molar-refractivity contribution is -0.689. The van der Waals surface area contributed by atoms with Crippen LogP contribution in [0.5, 0.6) is 0 Å². The molecule has 1 saturated heterocycles. The Balaban J connectivity index is 1.95. The Morgan fingerprint density at radius 1 is 1.67 bits per heavy atom. The molecule has 0 aliphatic carbocycles. The maximum absolute atomic E-state index is 11.8. The Bertz CT molecular complexity index is 661. The van der Waals surface area contributed by atoms with Crippen LogP contribution in [0, 0.1) is 6.92 Å². The van der Waals surface area contributed by atoms with Crippen LogP contribution in [0.2, 0.25) is 0 Å². The number of rotatable bonds is 3. The number of aliphatic carboxylic acids is 1. The van der Waals surface area contributed by atoms with E-state index in [1.807, 2.05) is 17.7 Å². The molecule has 0 bridgehead atoms. The molecule has 0 spiro atoms. The number of aryl methyl sites for hydroxylation is 1. The molecule has 0 saturated carbocycles. The maximum Gasteiger partial charge on any atom is 0.352 e. The number of aromatic nitrogens is 2. The molecule has 1 aromatic rings. The fraction of sp³-hybridized carbons (Fsp3) is 0.385. The molecule has 1 fully saturated rings. The van der Waals surface area contributed by atoms with E-state index in [2.05, 4.69) is 4.98 Å². The summed E-state index contributed by atoms with van der Waals surface area (Å²) >= 11 is 1.51. The van der Waals surface area contributed by atoms with Gasteiger partial charge in [0.05, 0.1) is 6.20 Å². The van der Waals surface area contributed by atoms with Crippen LogP contribution in [-0.4, -0.2) is 44.0 Å². The van der Waals surface area contributed by atoms with Crippen LogP contribution in [0.3, 0.4) is 0 Å². The minimum absolute atomic E-state index is 0.0763. The monoisotopic (exact) mass is 307 g/mol. The molecule has 2 atom stereocenters. The van der Waals surface area contributed by atoms with Gasteiger partial charge in [0.2, 0.25) is 5.91 Å². The van der Waals surface area contributed by atoms with Gasteiger partial charge >= 0.3 is 5.97 Å². The fourth-order valence-electron chi connectivity index (χ4n) is 2.57. The molecule has 3 N–H and O–H groups in total. The van der Waals surface area contributed by atoms with Crippen molar-refractivity contribution in [3.8, 4) is 0 Å². The third-order valence-electron chi connectivity index (χ3n) is 3.55. The molecule has 21 heavy (non-hydrogen) atoms. The highest BCUT2D eigenvalue weighted by molar-refractivity contribution is 8.00. The van der Waals surface area contributed by atoms with Crippen LogP contribution >= 0.6 is 11.8 Å². The van der Waals surface area contributed by atoms with Crippen molar-refractivity contribution in [3.63, 3.8) is 0 Å². The minimum atomic E-state index is -1.08. The zero-order valence-electron chi connectivity index (χ0n) is 11.4. The van der Waals surface area contributed by atoms with Gasteiger partial charge in [-0.3, -0.25) is 9.69 Å². The quantitative estimate of drug-likeness (QED) is 0.563. The van der Waals surface area contributed by atoms with Crippen molar-refractivity contribution < 1.29 is 19.3 Å². The summed E-state index contributed by atoms with van der Waals surface area (Å²) < 4.78 is 1.87. The van der Waals surface area contributed by atoms with Gasteiger partial charge in [0, 0.05) is 11.3 Å². The summed E-state index contributed by atoms with van der Waals surface area (Å²) in [5.41, 5.74) is 7.35. The summed E-state index contributed by atoms with van der Waals surface area (Å²) in [6.07, 6.45) is 5.28. The van der Waals surface area contributed by atoms with Crippen molar-refractivity contribution >= 4 is 23.6 Å². The van der Waals surface area contributed by atoms with E-state index in [4.69, 9.17) is 5.73 Å². The van der Waals surface area contributed by atoms with E-state index < -0.39 is 12.0 Å². The number of carboxylic acid groups (broad SMARTS) is 1. The van der Waals surface area contributed by atoms with Gasteiger partial charge in [-0.05, 0) is 6.92 Å². The molecule has 2 aliphatic heterocycles. The summed E-state index contributed by atoms with van der Waals surface area (Å²) in [6, 6.07) is -0.596. The summed E-state index contributed by atoms with van der Waals surface area (Å²) in [4.78, 5) is 28.8. The van der Waals surface area contributed by atoms with E-state index >= 15 is 0 Å². The molecule has 0 aromatic carbocycles. The Morgan fingerprint density at radius 3 is 3.10 bits per heavy atom. The number of carbonyl (C=O) groups excluding carboxylic acids is 1. The first kappa shape index (κ1) is 14.0. The van der Waals surface area contributed by atoms with Crippen LogP contribution in [0.25, 0.3) is 0 Å². The van der Waals surface area contributed by atoms with Gasteiger partial charge in [0.25, 0.3) is 0 Å². The van der Waals surface area contributed by atoms with E-state index in [0.717, 1.165) is 5.69 Å². The molecular formula is C13H15N4O3S+. The smallest absolute Gasteiger partial charge is 0.352 e. The zero-order chi connectivity index (χ0) is 15.1. The minimum Gasteiger partial charge on any atom is -0.477 e. The highest BCUT2D eigenvalue weighted by Crippen LogP contribution is 2.39. The van der Waals surface area contributed by atoms with Gasteiger partial charge < -0.3 is 10.8 Å². The number of β-lactam (4-membered cyclic amide) rings is 1. The van der Waals surface area contributed by atoms with Crippen LogP contribution in [0.1, 0.15) is 5.69 Å². The summed E-state index contributed by atoms with van der Waals surface area (Å²) in [5.74, 6) is -0.849. The van der Waals surface area contributed by atoms with E-state index in [1.165, 1.54) is 16.7 Å². The number of nitrogens with zero attached hydrogens (tertiary/aromatic N) is 3. The Hall–Kier alpha value is -1.93. The van der Waals surface area contributed by atoms with Crippen molar-refractivity contribution in [2.45, 2.75) is 24.9 Å². The maximum atomic E-state index is 11.8. The third kappa shape index (κ3) is 2.30. The van der Waals surface area contributed by atoms with E-state index in [-0.39, 0.29) is 17.0 Å². The van der Waals surface area contributed by atoms with Gasteiger partial charge in [-0.15, -0.1) is 11.8 Å². The normalized spacial score (nSPS) is 24.7. The highest BCUT2D eigenvalue weighted by atomic mass is 32.2. The van der Waals surface area contributed by atoms with Crippen molar-refractivity contribution in [3.05, 3.63) is 35.6 Å². The van der Waals surface area contributed by atoms with Gasteiger partial charge in [0.1, 0.15) is 22.8 Å². The molecule has 2 aliphatic rings. The topological polar surface area (TPSA) is 100 Å². The molecule has 1 amide bonds. The predicted octanol–water partition coefficient (Wildman–Crippen LogP) is -0.741. The fourth-order valence-corrected chi connectivity index (χ4v) is 3.86. The van der Waals surface area contributed by atoms with E-state index in [9.17, 15) is 14.7 Å². The first-order valence-electron chi connectivity index (χ1n) is 6.46. The lowest BCUT2D eigenvalue weighted by Gasteiger charge is -2.47. The number of hydrogen-bond acceptors (Lipinski definition) is 5. The van der Waals surface area contributed by atoms with Gasteiger partial charge in [0.15, 0.2) is 18.9 Å². The number of thioether (sulfide) groups is 1. The van der Waals surface area contributed by atoms with Crippen molar-refractivity contribution in [2.24, 2.45) is 5.73 Å². The van der Waals surface area contributed by atoms with Crippen molar-refractivity contribution in [1.82, 2.24) is 9.88 Å². The van der Waals surface area contributed by atoms with Gasteiger partial charge in [-0.2, -0.15) is 4.57 Å². The average Bonchev–Trinajstić information content (AvgIpc) is 2.45. The summed E-state index contributed by atoms with van der Waals surface area (Å²) in [5, 5.41) is 9.19. The number of amides is 1. The Labute approximate surface area is 125 Å². The van der Waals surface area contributed by atoms with Crippen LogP contribution in [0.4, 0.5) is 0 Å². The van der Waals surface area contributed by atoms with E-state index in [1.54, 1.807) is 12.4 Å². The van der Waals surface area contributed by atoms with Gasteiger partial charge in [-0.25, -0.2) is 9.78 Å². The van der Waals surface area contributed by atoms with Crippen LogP contribution in [0.15, 0.2) is 29.9 Å². The predicted molar refractivity (Wildman–Crippen MR) is 74.9 cm³/mol. The number of hydrogen-bond donors (Lipinski definition) is 2. The second kappa shape index (κ2) is 5.12. The SMILES string of the molecule is Cc1c[n+](CC2=C(C(=O)O)N3C(=O)C(N)[C@H]3SC2)ccn1. The molecule has 1 unspecified atom stereocenters. The Morgan fingerprint density at radius 2 is 2.43 bits per heavy atom. The molecule has 8 heteroatoms. The standard InChI is InChI=1S/C13H14N4O3S/c1-7-4-16(3-2-15-7)5-8-6-21-12-9(14)11(18)17(12)10(8)13(19)20/h2-4,9,12H,5-6,14H2,1H3/p+1/t9?,12-/m1/s1. The Kier molecular flexibility index (Phi) is 3.42. The van der Waals surface area contributed by atoms with Crippen molar-refractivity contribution in [1.29, 1.82) is 0 Å². The second-order valence-electron chi connectivity index (χ2n) is 5.06. The van der Waals surface area contributed by atoms with Crippen LogP contribution in [-0.2, 0) is 16.1 Å². The highest BCUT2D eigenvalue weighted by Gasteiger charge is 2.52. The molecule has 1 aromatic heterocycles. The first-order valence-corrected chi connectivity index (χ1v) is 7.51. The molecule has 3 heterocycles. The van der Waals surface area contributed by atoms with E-state index in [0.29, 0.717) is 17.9 Å². The number of fused-ring (bicyclic) bond motifs is 1. The van der Waals surface area contributed by atoms with Gasteiger partial charge in [-0.1, -0.05) is 0 Å². The number of nitrogens with two attached hydrogens (primary N) is 1. The summed E-state index contributed by atoms with van der Waals surface area (Å²) in [6.45, 7) is 2.29.